The minimum Gasteiger partial charge on any atom is -0.497 e. The van der Waals surface area contributed by atoms with E-state index in [1.807, 2.05) is 28.9 Å². The Hall–Kier alpha value is -1.49. The van der Waals surface area contributed by atoms with Gasteiger partial charge in [0.15, 0.2) is 0 Å². The fraction of sp³-hybridized carbons (Fsp3) is 0.400. The maximum Gasteiger partial charge on any atom is 0.131 e. The highest BCUT2D eigenvalue weighted by Gasteiger charge is 2.14. The highest BCUT2D eigenvalue weighted by atomic mass is 79.9. The van der Waals surface area contributed by atoms with Crippen LogP contribution in [0, 0.1) is 0 Å². The molecule has 2 rings (SSSR count). The third-order valence-electron chi connectivity index (χ3n) is 3.11. The number of aromatic nitrogens is 2. The first-order valence-electron chi connectivity index (χ1n) is 6.70. The second-order valence-corrected chi connectivity index (χ2v) is 5.14. The van der Waals surface area contributed by atoms with Gasteiger partial charge >= 0.3 is 0 Å². The molecule has 0 amide bonds. The van der Waals surface area contributed by atoms with Gasteiger partial charge in [-0.1, -0.05) is 13.0 Å². The van der Waals surface area contributed by atoms with Gasteiger partial charge in [-0.25, -0.2) is 0 Å². The first-order valence-corrected chi connectivity index (χ1v) is 7.49. The predicted octanol–water partition coefficient (Wildman–Crippen LogP) is 3.82. The Morgan fingerprint density at radius 2 is 2.00 bits per heavy atom. The van der Waals surface area contributed by atoms with Crippen molar-refractivity contribution < 1.29 is 9.47 Å². The lowest BCUT2D eigenvalue weighted by atomic mass is 10.3. The normalized spacial score (nSPS) is 10.6. The summed E-state index contributed by atoms with van der Waals surface area (Å²) in [4.78, 5) is 0. The summed E-state index contributed by atoms with van der Waals surface area (Å²) in [6.07, 6.45) is 0.903. The zero-order chi connectivity index (χ0) is 14.5. The second kappa shape index (κ2) is 6.79. The van der Waals surface area contributed by atoms with Crippen molar-refractivity contribution in [3.8, 4) is 11.5 Å². The first-order chi connectivity index (χ1) is 9.69. The Morgan fingerprint density at radius 3 is 2.65 bits per heavy atom. The van der Waals surface area contributed by atoms with Crippen molar-refractivity contribution in [2.75, 3.05) is 7.11 Å². The standard InChI is InChI=1S/C15H19BrN2O2/c1-4-13-15(16)14(18(5-2)17-13)10-20-12-8-6-7-11(9-12)19-3/h6-9H,4-5,10H2,1-3H3. The Morgan fingerprint density at radius 1 is 1.25 bits per heavy atom. The molecule has 0 unspecified atom stereocenters. The van der Waals surface area contributed by atoms with Crippen LogP contribution in [0.2, 0.25) is 0 Å². The molecule has 0 spiro atoms. The average molecular weight is 339 g/mol. The van der Waals surface area contributed by atoms with Crippen LogP contribution in [0.15, 0.2) is 28.7 Å². The summed E-state index contributed by atoms with van der Waals surface area (Å²) in [5.74, 6) is 1.58. The van der Waals surface area contributed by atoms with Gasteiger partial charge in [-0.15, -0.1) is 0 Å². The largest absolute Gasteiger partial charge is 0.497 e. The van der Waals surface area contributed by atoms with Crippen LogP contribution in [0.3, 0.4) is 0 Å². The molecule has 0 fully saturated rings. The van der Waals surface area contributed by atoms with Gasteiger partial charge in [-0.05, 0) is 41.4 Å². The highest BCUT2D eigenvalue weighted by molar-refractivity contribution is 9.10. The summed E-state index contributed by atoms with van der Waals surface area (Å²) in [5, 5.41) is 4.56. The Kier molecular flexibility index (Phi) is 5.06. The van der Waals surface area contributed by atoms with Gasteiger partial charge in [0.1, 0.15) is 18.1 Å². The number of ether oxygens (including phenoxy) is 2. The number of hydrogen-bond acceptors (Lipinski definition) is 3. The predicted molar refractivity (Wildman–Crippen MR) is 82.3 cm³/mol. The van der Waals surface area contributed by atoms with E-state index < -0.39 is 0 Å². The van der Waals surface area contributed by atoms with E-state index in [2.05, 4.69) is 34.9 Å². The molecule has 0 saturated heterocycles. The van der Waals surface area contributed by atoms with E-state index in [1.54, 1.807) is 7.11 Å². The van der Waals surface area contributed by atoms with Gasteiger partial charge in [-0.2, -0.15) is 5.10 Å². The maximum atomic E-state index is 5.84. The molecule has 1 aromatic carbocycles. The lowest BCUT2D eigenvalue weighted by Crippen LogP contribution is -2.06. The third-order valence-corrected chi connectivity index (χ3v) is 4.03. The zero-order valence-corrected chi connectivity index (χ0v) is 13.6. The summed E-state index contributed by atoms with van der Waals surface area (Å²) in [5.41, 5.74) is 2.13. The third kappa shape index (κ3) is 3.15. The van der Waals surface area contributed by atoms with E-state index in [9.17, 15) is 0 Å². The molecule has 0 radical (unpaired) electrons. The van der Waals surface area contributed by atoms with Crippen LogP contribution in [0.25, 0.3) is 0 Å². The molecule has 0 aliphatic heterocycles. The number of rotatable bonds is 6. The van der Waals surface area contributed by atoms with Crippen LogP contribution < -0.4 is 9.47 Å². The maximum absolute atomic E-state index is 5.84. The SMILES string of the molecule is CCc1nn(CC)c(COc2cccc(OC)c2)c1Br. The lowest BCUT2D eigenvalue weighted by Gasteiger charge is -2.09. The number of nitrogens with zero attached hydrogens (tertiary/aromatic N) is 2. The highest BCUT2D eigenvalue weighted by Crippen LogP contribution is 2.25. The first kappa shape index (κ1) is 14.9. The fourth-order valence-corrected chi connectivity index (χ4v) is 2.68. The summed E-state index contributed by atoms with van der Waals surface area (Å²) < 4.78 is 14.1. The van der Waals surface area contributed by atoms with Gasteiger partial charge in [0.25, 0.3) is 0 Å². The van der Waals surface area contributed by atoms with Crippen molar-refractivity contribution in [3.05, 3.63) is 40.1 Å². The van der Waals surface area contributed by atoms with Crippen LogP contribution in [0.5, 0.6) is 11.5 Å². The molecule has 1 aromatic heterocycles. The minimum absolute atomic E-state index is 0.481. The summed E-state index contributed by atoms with van der Waals surface area (Å²) in [7, 11) is 1.65. The molecular formula is C15H19BrN2O2. The van der Waals surface area contributed by atoms with Crippen molar-refractivity contribution >= 4 is 15.9 Å². The number of benzene rings is 1. The van der Waals surface area contributed by atoms with Crippen LogP contribution in [-0.4, -0.2) is 16.9 Å². The Balaban J connectivity index is 2.15. The van der Waals surface area contributed by atoms with Crippen molar-refractivity contribution in [1.82, 2.24) is 9.78 Å². The molecule has 0 aliphatic carbocycles. The zero-order valence-electron chi connectivity index (χ0n) is 12.0. The molecule has 0 bridgehead atoms. The molecule has 0 saturated carbocycles. The van der Waals surface area contributed by atoms with Gasteiger partial charge in [0.2, 0.25) is 0 Å². The average Bonchev–Trinajstić information content (AvgIpc) is 2.81. The lowest BCUT2D eigenvalue weighted by molar-refractivity contribution is 0.289. The van der Waals surface area contributed by atoms with Crippen molar-refractivity contribution in [1.29, 1.82) is 0 Å². The monoisotopic (exact) mass is 338 g/mol. The topological polar surface area (TPSA) is 36.3 Å². The number of methoxy groups -OCH3 is 1. The minimum atomic E-state index is 0.481. The Labute approximate surface area is 127 Å². The van der Waals surface area contributed by atoms with E-state index in [4.69, 9.17) is 9.47 Å². The van der Waals surface area contributed by atoms with E-state index in [-0.39, 0.29) is 0 Å². The fourth-order valence-electron chi connectivity index (χ4n) is 2.00. The molecule has 5 heteroatoms. The molecular weight excluding hydrogens is 320 g/mol. The summed E-state index contributed by atoms with van der Waals surface area (Å²) in [6, 6.07) is 7.61. The molecule has 0 aliphatic rings. The van der Waals surface area contributed by atoms with Crippen molar-refractivity contribution in [3.63, 3.8) is 0 Å². The summed E-state index contributed by atoms with van der Waals surface area (Å²) in [6.45, 7) is 5.48. The van der Waals surface area contributed by atoms with Crippen LogP contribution >= 0.6 is 15.9 Å². The quantitative estimate of drug-likeness (QED) is 0.803. The molecule has 0 atom stereocenters. The molecule has 2 aromatic rings. The molecule has 1 heterocycles. The van der Waals surface area contributed by atoms with Crippen LogP contribution in [0.1, 0.15) is 25.2 Å². The molecule has 0 N–H and O–H groups in total. The summed E-state index contributed by atoms with van der Waals surface area (Å²) >= 11 is 3.62. The second-order valence-electron chi connectivity index (χ2n) is 4.34. The van der Waals surface area contributed by atoms with E-state index >= 15 is 0 Å². The molecule has 108 valence electrons. The molecule has 4 nitrogen and oxygen atoms in total. The smallest absolute Gasteiger partial charge is 0.131 e. The van der Waals surface area contributed by atoms with Gasteiger partial charge in [0.05, 0.1) is 23.0 Å². The van der Waals surface area contributed by atoms with Gasteiger partial charge in [-0.3, -0.25) is 4.68 Å². The molecule has 20 heavy (non-hydrogen) atoms. The van der Waals surface area contributed by atoms with Crippen molar-refractivity contribution in [2.45, 2.75) is 33.4 Å². The van der Waals surface area contributed by atoms with E-state index in [0.29, 0.717) is 6.61 Å². The van der Waals surface area contributed by atoms with E-state index in [1.165, 1.54) is 0 Å². The number of hydrogen-bond donors (Lipinski definition) is 0. The van der Waals surface area contributed by atoms with Crippen LogP contribution in [0.4, 0.5) is 0 Å². The van der Waals surface area contributed by atoms with Gasteiger partial charge < -0.3 is 9.47 Å². The van der Waals surface area contributed by atoms with Gasteiger partial charge in [0, 0.05) is 12.6 Å². The van der Waals surface area contributed by atoms with E-state index in [0.717, 1.165) is 40.3 Å². The Bertz CT molecular complexity index is 581. The van der Waals surface area contributed by atoms with Crippen molar-refractivity contribution in [2.24, 2.45) is 0 Å². The number of halogens is 1. The number of aryl methyl sites for hydroxylation is 2. The van der Waals surface area contributed by atoms with Crippen LogP contribution in [-0.2, 0) is 19.6 Å².